The average Bonchev–Trinajstić information content (AvgIpc) is 2.39. The Morgan fingerprint density at radius 2 is 2.22 bits per heavy atom. The van der Waals surface area contributed by atoms with Crippen molar-refractivity contribution < 1.29 is 0 Å². The summed E-state index contributed by atoms with van der Waals surface area (Å²) in [7, 11) is 0. The van der Waals surface area contributed by atoms with Crippen LogP contribution in [0.4, 0.5) is 0 Å². The van der Waals surface area contributed by atoms with Gasteiger partial charge in [0.2, 0.25) is 0 Å². The van der Waals surface area contributed by atoms with Crippen LogP contribution in [-0.4, -0.2) is 5.04 Å². The molecule has 5 heteroatoms. The zero-order chi connectivity index (χ0) is 13.1. The fourth-order valence-corrected chi connectivity index (χ4v) is 3.45. The number of nitriles is 2. The van der Waals surface area contributed by atoms with E-state index in [0.717, 1.165) is 31.0 Å². The Morgan fingerprint density at radius 1 is 1.44 bits per heavy atom. The number of hydrogen-bond acceptors (Lipinski definition) is 5. The quantitative estimate of drug-likeness (QED) is 0.706. The van der Waals surface area contributed by atoms with Gasteiger partial charge < -0.3 is 5.73 Å². The molecule has 4 nitrogen and oxygen atoms in total. The van der Waals surface area contributed by atoms with Crippen molar-refractivity contribution in [3.05, 3.63) is 22.8 Å². The molecule has 0 saturated heterocycles. The van der Waals surface area contributed by atoms with E-state index in [1.807, 2.05) is 0 Å². The summed E-state index contributed by atoms with van der Waals surface area (Å²) < 4.78 is 0. The SMILES string of the molecule is N#CC1=C(N)SC(=N)[C@@H](C#N)[C@H]1[C@H]1C=CCCC1. The Labute approximate surface area is 111 Å². The summed E-state index contributed by atoms with van der Waals surface area (Å²) in [5.74, 6) is -0.632. The molecule has 0 unspecified atom stereocenters. The molecule has 0 aromatic carbocycles. The minimum absolute atomic E-state index is 0.151. The molecule has 0 fully saturated rings. The molecule has 1 aliphatic heterocycles. The highest BCUT2D eigenvalue weighted by Crippen LogP contribution is 2.43. The zero-order valence-electron chi connectivity index (χ0n) is 9.89. The highest BCUT2D eigenvalue weighted by Gasteiger charge is 2.40. The van der Waals surface area contributed by atoms with Crippen LogP contribution >= 0.6 is 11.8 Å². The second-order valence-electron chi connectivity index (χ2n) is 4.51. The van der Waals surface area contributed by atoms with Gasteiger partial charge in [0, 0.05) is 5.92 Å². The maximum atomic E-state index is 9.26. The molecule has 0 bridgehead atoms. The van der Waals surface area contributed by atoms with Crippen LogP contribution in [0.3, 0.4) is 0 Å². The van der Waals surface area contributed by atoms with Gasteiger partial charge in [-0.15, -0.1) is 0 Å². The first-order valence-electron chi connectivity index (χ1n) is 5.91. The van der Waals surface area contributed by atoms with Crippen LogP contribution in [-0.2, 0) is 0 Å². The molecule has 0 spiro atoms. The van der Waals surface area contributed by atoms with Crippen LogP contribution < -0.4 is 5.73 Å². The number of nitrogens with zero attached hydrogens (tertiary/aromatic N) is 2. The van der Waals surface area contributed by atoms with Crippen molar-refractivity contribution in [3.63, 3.8) is 0 Å². The third-order valence-electron chi connectivity index (χ3n) is 3.47. The van der Waals surface area contributed by atoms with E-state index >= 15 is 0 Å². The third-order valence-corrected chi connectivity index (χ3v) is 4.39. The lowest BCUT2D eigenvalue weighted by molar-refractivity contribution is 0.382. The van der Waals surface area contributed by atoms with E-state index in [4.69, 9.17) is 11.1 Å². The fourth-order valence-electron chi connectivity index (χ4n) is 2.60. The van der Waals surface area contributed by atoms with Crippen LogP contribution in [0.15, 0.2) is 22.8 Å². The molecule has 0 amide bonds. The first-order chi connectivity index (χ1) is 8.69. The molecule has 2 rings (SSSR count). The molecule has 1 heterocycles. The fraction of sp³-hybridized carbons (Fsp3) is 0.462. The van der Waals surface area contributed by atoms with E-state index < -0.39 is 5.92 Å². The molecule has 3 atom stereocenters. The normalized spacial score (nSPS) is 31.9. The molecule has 18 heavy (non-hydrogen) atoms. The molecule has 0 radical (unpaired) electrons. The van der Waals surface area contributed by atoms with Crippen molar-refractivity contribution in [1.29, 1.82) is 15.9 Å². The molecule has 0 aromatic heterocycles. The van der Waals surface area contributed by atoms with Gasteiger partial charge >= 0.3 is 0 Å². The van der Waals surface area contributed by atoms with E-state index in [9.17, 15) is 10.5 Å². The van der Waals surface area contributed by atoms with Gasteiger partial charge in [0.25, 0.3) is 0 Å². The molecule has 0 saturated carbocycles. The summed E-state index contributed by atoms with van der Waals surface area (Å²) in [6, 6.07) is 4.30. The Balaban J connectivity index is 2.44. The van der Waals surface area contributed by atoms with Gasteiger partial charge in [-0.1, -0.05) is 23.9 Å². The number of thioether (sulfide) groups is 1. The minimum Gasteiger partial charge on any atom is -0.392 e. The maximum absolute atomic E-state index is 9.26. The Bertz CT molecular complexity index is 506. The molecule has 1 aliphatic carbocycles. The first-order valence-corrected chi connectivity index (χ1v) is 6.73. The van der Waals surface area contributed by atoms with E-state index in [0.29, 0.717) is 10.6 Å². The smallest absolute Gasteiger partial charge is 0.102 e. The molecule has 0 aromatic rings. The van der Waals surface area contributed by atoms with Gasteiger partial charge in [0.1, 0.15) is 5.92 Å². The van der Waals surface area contributed by atoms with Crippen LogP contribution in [0.25, 0.3) is 0 Å². The van der Waals surface area contributed by atoms with Crippen molar-refractivity contribution in [2.45, 2.75) is 19.3 Å². The summed E-state index contributed by atoms with van der Waals surface area (Å²) in [5.41, 5.74) is 6.32. The maximum Gasteiger partial charge on any atom is 0.102 e. The minimum atomic E-state index is -0.537. The van der Waals surface area contributed by atoms with Crippen LogP contribution in [0.5, 0.6) is 0 Å². The van der Waals surface area contributed by atoms with E-state index in [-0.39, 0.29) is 16.9 Å². The lowest BCUT2D eigenvalue weighted by Gasteiger charge is -2.33. The number of allylic oxidation sites excluding steroid dienone is 3. The summed E-state index contributed by atoms with van der Waals surface area (Å²) in [4.78, 5) is 0. The van der Waals surface area contributed by atoms with Gasteiger partial charge in [-0.05, 0) is 25.2 Å². The molecule has 2 aliphatic rings. The first kappa shape index (κ1) is 12.7. The standard InChI is InChI=1S/C13H14N4S/c14-6-9-11(8-4-2-1-3-5-8)10(7-15)13(17)18-12(9)16/h2,4,8-9,11,16H,1,3,5,17H2/t8-,9-,11+/m0/s1. The second-order valence-corrected chi connectivity index (χ2v) is 5.60. The van der Waals surface area contributed by atoms with Crippen molar-refractivity contribution in [2.24, 2.45) is 23.5 Å². The number of hydrogen-bond donors (Lipinski definition) is 2. The Kier molecular flexibility index (Phi) is 3.74. The second kappa shape index (κ2) is 5.29. The molecule has 92 valence electrons. The molecule has 3 N–H and O–H groups in total. The van der Waals surface area contributed by atoms with E-state index in [1.165, 1.54) is 0 Å². The number of nitrogens with two attached hydrogens (primary N) is 1. The Morgan fingerprint density at radius 3 is 2.78 bits per heavy atom. The zero-order valence-corrected chi connectivity index (χ0v) is 10.7. The highest BCUT2D eigenvalue weighted by atomic mass is 32.2. The predicted molar refractivity (Wildman–Crippen MR) is 71.2 cm³/mol. The Hall–Kier alpha value is -1.72. The van der Waals surface area contributed by atoms with E-state index in [1.54, 1.807) is 0 Å². The monoisotopic (exact) mass is 258 g/mol. The van der Waals surface area contributed by atoms with Gasteiger partial charge in [-0.2, -0.15) is 10.5 Å². The van der Waals surface area contributed by atoms with Gasteiger partial charge in [-0.25, -0.2) is 0 Å². The largest absolute Gasteiger partial charge is 0.392 e. The lowest BCUT2D eigenvalue weighted by atomic mass is 9.74. The third kappa shape index (κ3) is 2.14. The van der Waals surface area contributed by atoms with Crippen molar-refractivity contribution in [2.75, 3.05) is 0 Å². The van der Waals surface area contributed by atoms with Crippen molar-refractivity contribution >= 4 is 16.8 Å². The molecular weight excluding hydrogens is 244 g/mol. The van der Waals surface area contributed by atoms with Crippen molar-refractivity contribution in [3.8, 4) is 12.1 Å². The summed E-state index contributed by atoms with van der Waals surface area (Å²) in [6.07, 6.45) is 7.24. The molecular formula is C13H14N4S. The lowest BCUT2D eigenvalue weighted by Crippen LogP contribution is -2.33. The predicted octanol–water partition coefficient (Wildman–Crippen LogP) is 2.52. The van der Waals surface area contributed by atoms with E-state index in [2.05, 4.69) is 24.3 Å². The average molecular weight is 258 g/mol. The summed E-state index contributed by atoms with van der Waals surface area (Å²) in [6.45, 7) is 0. The topological polar surface area (TPSA) is 97.4 Å². The number of nitrogens with one attached hydrogen (secondary N) is 1. The highest BCUT2D eigenvalue weighted by molar-refractivity contribution is 8.17. The van der Waals surface area contributed by atoms with Gasteiger partial charge in [0.15, 0.2) is 0 Å². The number of rotatable bonds is 1. The van der Waals surface area contributed by atoms with Crippen LogP contribution in [0.2, 0.25) is 0 Å². The van der Waals surface area contributed by atoms with Gasteiger partial charge in [-0.3, -0.25) is 5.41 Å². The van der Waals surface area contributed by atoms with Crippen molar-refractivity contribution in [1.82, 2.24) is 0 Å². The van der Waals surface area contributed by atoms with Gasteiger partial charge in [0.05, 0.1) is 27.8 Å². The summed E-state index contributed by atoms with van der Waals surface area (Å²) >= 11 is 1.05. The van der Waals surface area contributed by atoms with Crippen LogP contribution in [0.1, 0.15) is 19.3 Å². The summed E-state index contributed by atoms with van der Waals surface area (Å²) in [5, 5.41) is 27.1. The van der Waals surface area contributed by atoms with Crippen LogP contribution in [0, 0.1) is 45.8 Å².